The van der Waals surface area contributed by atoms with E-state index < -0.39 is 0 Å². The fourth-order valence-electron chi connectivity index (χ4n) is 2.14. The summed E-state index contributed by atoms with van der Waals surface area (Å²) in [4.78, 5) is 14.7. The van der Waals surface area contributed by atoms with E-state index in [1.165, 1.54) is 9.75 Å². The van der Waals surface area contributed by atoms with Gasteiger partial charge in [-0.1, -0.05) is 0 Å². The van der Waals surface area contributed by atoms with Crippen molar-refractivity contribution in [2.75, 3.05) is 13.1 Å². The van der Waals surface area contributed by atoms with Crippen molar-refractivity contribution < 1.29 is 4.79 Å². The maximum atomic E-state index is 12.2. The average Bonchev–Trinajstić information content (AvgIpc) is 2.88. The minimum Gasteiger partial charge on any atom is -0.348 e. The molecule has 1 aromatic rings. The van der Waals surface area contributed by atoms with Crippen molar-refractivity contribution in [2.45, 2.75) is 33.2 Å². The van der Waals surface area contributed by atoms with Gasteiger partial charge >= 0.3 is 0 Å². The van der Waals surface area contributed by atoms with Crippen molar-refractivity contribution in [2.24, 2.45) is 5.41 Å². The molecule has 2 rings (SSSR count). The smallest absolute Gasteiger partial charge is 0.227 e. The normalized spacial score (nSPS) is 25.8. The molecular weight excluding hydrogens is 232 g/mol. The van der Waals surface area contributed by atoms with Crippen LogP contribution in [0.1, 0.15) is 36.1 Å². The quantitative estimate of drug-likeness (QED) is 0.866. The van der Waals surface area contributed by atoms with E-state index in [-0.39, 0.29) is 17.4 Å². The minimum atomic E-state index is -0.236. The Morgan fingerprint density at radius 3 is 2.88 bits per heavy atom. The summed E-state index contributed by atoms with van der Waals surface area (Å²) < 4.78 is 0. The standard InChI is InChI=1S/C13H20N2OS/c1-9-4-5-11(17-9)10(2)15-12(16)13(3)6-7-14-8-13/h4-5,10,14H,6-8H2,1-3H3,(H,15,16). The molecule has 17 heavy (non-hydrogen) atoms. The van der Waals surface area contributed by atoms with Crippen LogP contribution in [-0.2, 0) is 4.79 Å². The summed E-state index contributed by atoms with van der Waals surface area (Å²) >= 11 is 1.75. The molecule has 2 N–H and O–H groups in total. The van der Waals surface area contributed by atoms with Crippen LogP contribution in [-0.4, -0.2) is 19.0 Å². The van der Waals surface area contributed by atoms with Gasteiger partial charge in [-0.15, -0.1) is 11.3 Å². The number of carbonyl (C=O) groups is 1. The monoisotopic (exact) mass is 252 g/mol. The molecule has 2 atom stereocenters. The molecule has 2 unspecified atom stereocenters. The highest BCUT2D eigenvalue weighted by Gasteiger charge is 2.36. The molecule has 0 spiro atoms. The molecule has 94 valence electrons. The zero-order valence-corrected chi connectivity index (χ0v) is 11.5. The number of rotatable bonds is 3. The van der Waals surface area contributed by atoms with Crippen molar-refractivity contribution in [3.05, 3.63) is 21.9 Å². The van der Waals surface area contributed by atoms with E-state index in [2.05, 4.69) is 36.6 Å². The second-order valence-corrected chi connectivity index (χ2v) is 6.45. The second kappa shape index (κ2) is 4.78. The zero-order valence-electron chi connectivity index (χ0n) is 10.7. The second-order valence-electron chi connectivity index (χ2n) is 5.13. The topological polar surface area (TPSA) is 41.1 Å². The van der Waals surface area contributed by atoms with Crippen LogP contribution >= 0.6 is 11.3 Å². The fraction of sp³-hybridized carbons (Fsp3) is 0.615. The molecule has 1 aliphatic heterocycles. The van der Waals surface area contributed by atoms with E-state index in [4.69, 9.17) is 0 Å². The maximum Gasteiger partial charge on any atom is 0.227 e. The first kappa shape index (κ1) is 12.6. The lowest BCUT2D eigenvalue weighted by Gasteiger charge is -2.24. The number of carbonyl (C=O) groups excluding carboxylic acids is 1. The van der Waals surface area contributed by atoms with Gasteiger partial charge in [0.1, 0.15) is 0 Å². The summed E-state index contributed by atoms with van der Waals surface area (Å²) in [6.45, 7) is 7.90. The van der Waals surface area contributed by atoms with Crippen molar-refractivity contribution >= 4 is 17.2 Å². The minimum absolute atomic E-state index is 0.110. The highest BCUT2D eigenvalue weighted by atomic mass is 32.1. The first-order valence-electron chi connectivity index (χ1n) is 6.09. The van der Waals surface area contributed by atoms with Gasteiger partial charge < -0.3 is 10.6 Å². The Morgan fingerprint density at radius 2 is 2.35 bits per heavy atom. The Hall–Kier alpha value is -0.870. The van der Waals surface area contributed by atoms with Crippen LogP contribution in [0.4, 0.5) is 0 Å². The predicted octanol–water partition coefficient (Wildman–Crippen LogP) is 2.23. The first-order valence-corrected chi connectivity index (χ1v) is 6.91. The third-order valence-electron chi connectivity index (χ3n) is 3.45. The molecule has 1 aliphatic rings. The van der Waals surface area contributed by atoms with Gasteiger partial charge in [-0.25, -0.2) is 0 Å². The van der Waals surface area contributed by atoms with Gasteiger partial charge in [0.05, 0.1) is 11.5 Å². The molecule has 0 aromatic carbocycles. The van der Waals surface area contributed by atoms with Gasteiger partial charge in [-0.05, 0) is 45.9 Å². The van der Waals surface area contributed by atoms with Gasteiger partial charge in [-0.3, -0.25) is 4.79 Å². The van der Waals surface area contributed by atoms with E-state index in [1.807, 2.05) is 6.92 Å². The van der Waals surface area contributed by atoms with E-state index in [0.29, 0.717) is 0 Å². The molecule has 3 nitrogen and oxygen atoms in total. The largest absolute Gasteiger partial charge is 0.348 e. The first-order chi connectivity index (χ1) is 8.01. The van der Waals surface area contributed by atoms with Gasteiger partial charge in [0.15, 0.2) is 0 Å². The van der Waals surface area contributed by atoms with Gasteiger partial charge in [-0.2, -0.15) is 0 Å². The Kier molecular flexibility index (Phi) is 3.54. The molecule has 0 saturated carbocycles. The third kappa shape index (κ3) is 2.69. The molecule has 0 aliphatic carbocycles. The van der Waals surface area contributed by atoms with Crippen molar-refractivity contribution in [3.8, 4) is 0 Å². The lowest BCUT2D eigenvalue weighted by molar-refractivity contribution is -0.129. The van der Waals surface area contributed by atoms with Crippen LogP contribution in [0.2, 0.25) is 0 Å². The SMILES string of the molecule is Cc1ccc(C(C)NC(=O)C2(C)CCNC2)s1. The van der Waals surface area contributed by atoms with Crippen molar-refractivity contribution in [1.82, 2.24) is 10.6 Å². The van der Waals surface area contributed by atoms with Crippen LogP contribution in [0.3, 0.4) is 0 Å². The average molecular weight is 252 g/mol. The highest BCUT2D eigenvalue weighted by molar-refractivity contribution is 7.12. The van der Waals surface area contributed by atoms with Crippen molar-refractivity contribution in [3.63, 3.8) is 0 Å². The van der Waals surface area contributed by atoms with Crippen LogP contribution in [0.5, 0.6) is 0 Å². The molecule has 1 saturated heterocycles. The number of amides is 1. The van der Waals surface area contributed by atoms with E-state index in [0.717, 1.165) is 19.5 Å². The summed E-state index contributed by atoms with van der Waals surface area (Å²) in [6.07, 6.45) is 0.926. The van der Waals surface area contributed by atoms with Gasteiger partial charge in [0, 0.05) is 16.3 Å². The number of hydrogen-bond donors (Lipinski definition) is 2. The van der Waals surface area contributed by atoms with Crippen LogP contribution < -0.4 is 10.6 Å². The molecule has 0 bridgehead atoms. The number of aryl methyl sites for hydroxylation is 1. The summed E-state index contributed by atoms with van der Waals surface area (Å²) in [5.41, 5.74) is -0.236. The van der Waals surface area contributed by atoms with Gasteiger partial charge in [0.2, 0.25) is 5.91 Å². The predicted molar refractivity (Wildman–Crippen MR) is 71.2 cm³/mol. The van der Waals surface area contributed by atoms with E-state index in [9.17, 15) is 4.79 Å². The number of thiophene rings is 1. The Bertz CT molecular complexity index is 407. The summed E-state index contributed by atoms with van der Waals surface area (Å²) in [5, 5.41) is 6.38. The molecule has 1 amide bonds. The van der Waals surface area contributed by atoms with E-state index in [1.54, 1.807) is 11.3 Å². The third-order valence-corrected chi connectivity index (χ3v) is 4.64. The Morgan fingerprint density at radius 1 is 1.59 bits per heavy atom. The Balaban J connectivity index is 1.99. The molecule has 0 radical (unpaired) electrons. The van der Waals surface area contributed by atoms with Crippen molar-refractivity contribution in [1.29, 1.82) is 0 Å². The van der Waals surface area contributed by atoms with Crippen LogP contribution in [0.25, 0.3) is 0 Å². The molecule has 1 fully saturated rings. The van der Waals surface area contributed by atoms with Crippen LogP contribution in [0, 0.1) is 12.3 Å². The lowest BCUT2D eigenvalue weighted by atomic mass is 9.88. The lowest BCUT2D eigenvalue weighted by Crippen LogP contribution is -2.41. The van der Waals surface area contributed by atoms with E-state index >= 15 is 0 Å². The summed E-state index contributed by atoms with van der Waals surface area (Å²) in [7, 11) is 0. The molecule has 2 heterocycles. The number of nitrogens with one attached hydrogen (secondary N) is 2. The zero-order chi connectivity index (χ0) is 12.5. The molecule has 4 heteroatoms. The highest BCUT2D eigenvalue weighted by Crippen LogP contribution is 2.27. The van der Waals surface area contributed by atoms with Gasteiger partial charge in [0.25, 0.3) is 0 Å². The molecule has 1 aromatic heterocycles. The molecular formula is C13H20N2OS. The number of hydrogen-bond acceptors (Lipinski definition) is 3. The van der Waals surface area contributed by atoms with Crippen LogP contribution in [0.15, 0.2) is 12.1 Å². The maximum absolute atomic E-state index is 12.2. The Labute approximate surface area is 107 Å². The summed E-state index contributed by atoms with van der Waals surface area (Å²) in [6, 6.07) is 4.31. The fourth-order valence-corrected chi connectivity index (χ4v) is 3.02. The summed E-state index contributed by atoms with van der Waals surface area (Å²) in [5.74, 6) is 0.168.